The molecule has 0 amide bonds. The van der Waals surface area contributed by atoms with Crippen molar-refractivity contribution >= 4 is 6.22 Å². The van der Waals surface area contributed by atoms with Crippen molar-refractivity contribution < 1.29 is 31.8 Å². The number of halogens is 4. The monoisotopic (exact) mass is 230 g/mol. The fourth-order valence-electron chi connectivity index (χ4n) is 1.62. The van der Waals surface area contributed by atoms with E-state index in [4.69, 9.17) is 0 Å². The fourth-order valence-corrected chi connectivity index (χ4v) is 1.62. The van der Waals surface area contributed by atoms with Crippen molar-refractivity contribution in [2.75, 3.05) is 0 Å². The highest BCUT2D eigenvalue weighted by atomic mass is 19.4. The lowest BCUT2D eigenvalue weighted by Crippen LogP contribution is -2.39. The van der Waals surface area contributed by atoms with Crippen molar-refractivity contribution in [2.24, 2.45) is 0 Å². The Balaban J connectivity index is 2.53. The molecule has 0 aliphatic heterocycles. The van der Waals surface area contributed by atoms with Crippen LogP contribution in [0.3, 0.4) is 0 Å². The number of carbonyl (C=O) groups is 1. The molecule has 15 heavy (non-hydrogen) atoms. The summed E-state index contributed by atoms with van der Waals surface area (Å²) in [5.74, 6) is 0. The summed E-state index contributed by atoms with van der Waals surface area (Å²) in [5.41, 5.74) is 0. The summed E-state index contributed by atoms with van der Waals surface area (Å²) in [6.45, 7) is 0. The number of hydrogen-bond donors (Lipinski definition) is 0. The van der Waals surface area contributed by atoms with Crippen LogP contribution in [0.4, 0.5) is 22.4 Å². The van der Waals surface area contributed by atoms with Crippen LogP contribution in [0.15, 0.2) is 0 Å². The van der Waals surface area contributed by atoms with Gasteiger partial charge in [-0.05, 0) is 19.3 Å². The molecule has 0 heterocycles. The molecule has 0 radical (unpaired) electrons. The summed E-state index contributed by atoms with van der Waals surface area (Å²) in [7, 11) is 0. The second-order valence-corrected chi connectivity index (χ2v) is 3.28. The lowest BCUT2D eigenvalue weighted by molar-refractivity contribution is -0.353. The van der Waals surface area contributed by atoms with Gasteiger partial charge in [-0.3, -0.25) is 4.74 Å². The quantitative estimate of drug-likeness (QED) is 0.540. The van der Waals surface area contributed by atoms with E-state index in [0.717, 1.165) is 0 Å². The minimum absolute atomic E-state index is 0.109. The summed E-state index contributed by atoms with van der Waals surface area (Å²) in [4.78, 5) is 10.00. The molecule has 1 aliphatic carbocycles. The molecule has 2 unspecified atom stereocenters. The van der Waals surface area contributed by atoms with Gasteiger partial charge in [0.2, 0.25) is 0 Å². The fraction of sp³-hybridized carbons (Fsp3) is 0.875. The van der Waals surface area contributed by atoms with E-state index in [1.54, 1.807) is 0 Å². The SMILES string of the molecule is O=C(F)OC1CCCCC1OC(F)(F)F. The van der Waals surface area contributed by atoms with Crippen molar-refractivity contribution in [2.45, 2.75) is 44.3 Å². The van der Waals surface area contributed by atoms with Gasteiger partial charge in [0.15, 0.2) is 0 Å². The van der Waals surface area contributed by atoms with E-state index in [-0.39, 0.29) is 12.8 Å². The zero-order valence-electron chi connectivity index (χ0n) is 7.72. The number of carbonyl (C=O) groups excluding carboxylic acids is 1. The van der Waals surface area contributed by atoms with Crippen LogP contribution in [0.1, 0.15) is 25.7 Å². The molecule has 0 aromatic carbocycles. The molecule has 0 aromatic rings. The Morgan fingerprint density at radius 3 is 2.13 bits per heavy atom. The van der Waals surface area contributed by atoms with Crippen molar-refractivity contribution in [3.8, 4) is 0 Å². The first-order valence-electron chi connectivity index (χ1n) is 4.49. The number of rotatable bonds is 2. The molecule has 2 atom stereocenters. The molecule has 1 saturated carbocycles. The third-order valence-corrected chi connectivity index (χ3v) is 2.17. The summed E-state index contributed by atoms with van der Waals surface area (Å²) in [5, 5.41) is 0. The maximum absolute atomic E-state index is 11.9. The topological polar surface area (TPSA) is 35.5 Å². The third kappa shape index (κ3) is 4.46. The number of alkyl halides is 3. The molecule has 1 rings (SSSR count). The third-order valence-electron chi connectivity index (χ3n) is 2.17. The molecule has 88 valence electrons. The van der Waals surface area contributed by atoms with E-state index in [0.29, 0.717) is 12.8 Å². The molecule has 0 N–H and O–H groups in total. The molecule has 0 aromatic heterocycles. The van der Waals surface area contributed by atoms with Gasteiger partial charge in [-0.25, -0.2) is 4.79 Å². The minimum atomic E-state index is -4.79. The van der Waals surface area contributed by atoms with Gasteiger partial charge in [0, 0.05) is 0 Å². The molecule has 0 saturated heterocycles. The molecular weight excluding hydrogens is 220 g/mol. The molecule has 3 nitrogen and oxygen atoms in total. The number of hydrogen-bond acceptors (Lipinski definition) is 3. The molecule has 0 spiro atoms. The second kappa shape index (κ2) is 4.78. The van der Waals surface area contributed by atoms with E-state index in [2.05, 4.69) is 9.47 Å². The highest BCUT2D eigenvalue weighted by Crippen LogP contribution is 2.29. The van der Waals surface area contributed by atoms with E-state index >= 15 is 0 Å². The Bertz CT molecular complexity index is 228. The van der Waals surface area contributed by atoms with Crippen LogP contribution in [0.2, 0.25) is 0 Å². The zero-order valence-corrected chi connectivity index (χ0v) is 7.72. The van der Waals surface area contributed by atoms with Crippen molar-refractivity contribution in [1.29, 1.82) is 0 Å². The molecule has 1 aliphatic rings. The standard InChI is InChI=1S/C8H10F4O3/c9-7(13)14-5-3-1-2-4-6(5)15-8(10,11)12/h5-6H,1-4H2. The van der Waals surface area contributed by atoms with Gasteiger partial charge >= 0.3 is 12.6 Å². The van der Waals surface area contributed by atoms with E-state index in [9.17, 15) is 22.4 Å². The number of ether oxygens (including phenoxy) is 2. The van der Waals surface area contributed by atoms with Crippen molar-refractivity contribution in [3.63, 3.8) is 0 Å². The summed E-state index contributed by atoms with van der Waals surface area (Å²) in [6.07, 6.45) is -7.86. The Hall–Kier alpha value is -0.850. The first-order chi connectivity index (χ1) is 6.88. The Labute approximate surface area is 83.3 Å². The summed E-state index contributed by atoms with van der Waals surface area (Å²) < 4.78 is 55.4. The average molecular weight is 230 g/mol. The van der Waals surface area contributed by atoms with Gasteiger partial charge in [0.1, 0.15) is 12.2 Å². The van der Waals surface area contributed by atoms with Crippen molar-refractivity contribution in [3.05, 3.63) is 0 Å². The molecule has 7 heteroatoms. The van der Waals surface area contributed by atoms with Crippen LogP contribution in [0, 0.1) is 0 Å². The predicted octanol–water partition coefficient (Wildman–Crippen LogP) is 2.94. The van der Waals surface area contributed by atoms with Crippen LogP contribution < -0.4 is 0 Å². The van der Waals surface area contributed by atoms with Gasteiger partial charge in [-0.2, -0.15) is 0 Å². The van der Waals surface area contributed by atoms with E-state index in [1.807, 2.05) is 0 Å². The summed E-state index contributed by atoms with van der Waals surface area (Å²) in [6, 6.07) is 0. The van der Waals surface area contributed by atoms with E-state index < -0.39 is 24.8 Å². The Morgan fingerprint density at radius 2 is 1.67 bits per heavy atom. The Kier molecular flexibility index (Phi) is 3.90. The van der Waals surface area contributed by atoms with Gasteiger partial charge in [-0.15, -0.1) is 17.6 Å². The predicted molar refractivity (Wildman–Crippen MR) is 40.8 cm³/mol. The van der Waals surface area contributed by atoms with Gasteiger partial charge < -0.3 is 4.74 Å². The lowest BCUT2D eigenvalue weighted by Gasteiger charge is -2.30. The van der Waals surface area contributed by atoms with Crippen LogP contribution in [-0.4, -0.2) is 24.8 Å². The molecule has 0 bridgehead atoms. The Morgan fingerprint density at radius 1 is 1.13 bits per heavy atom. The average Bonchev–Trinajstić information content (AvgIpc) is 2.05. The van der Waals surface area contributed by atoms with Crippen LogP contribution in [-0.2, 0) is 9.47 Å². The van der Waals surface area contributed by atoms with Gasteiger partial charge in [-0.1, -0.05) is 6.42 Å². The molecule has 1 fully saturated rings. The highest BCUT2D eigenvalue weighted by molar-refractivity contribution is 5.58. The smallest absolute Gasteiger partial charge is 0.434 e. The van der Waals surface area contributed by atoms with Crippen LogP contribution >= 0.6 is 0 Å². The lowest BCUT2D eigenvalue weighted by atomic mass is 9.95. The van der Waals surface area contributed by atoms with Crippen molar-refractivity contribution in [1.82, 2.24) is 0 Å². The van der Waals surface area contributed by atoms with Gasteiger partial charge in [0.05, 0.1) is 0 Å². The zero-order chi connectivity index (χ0) is 11.5. The maximum atomic E-state index is 11.9. The largest absolute Gasteiger partial charge is 0.522 e. The summed E-state index contributed by atoms with van der Waals surface area (Å²) >= 11 is 0. The first kappa shape index (κ1) is 12.2. The minimum Gasteiger partial charge on any atom is -0.434 e. The van der Waals surface area contributed by atoms with Crippen LogP contribution in [0.25, 0.3) is 0 Å². The molecular formula is C8H10F4O3. The second-order valence-electron chi connectivity index (χ2n) is 3.28. The maximum Gasteiger partial charge on any atom is 0.522 e. The van der Waals surface area contributed by atoms with E-state index in [1.165, 1.54) is 0 Å². The normalized spacial score (nSPS) is 27.5. The highest BCUT2D eigenvalue weighted by Gasteiger charge is 2.39. The van der Waals surface area contributed by atoms with Gasteiger partial charge in [0.25, 0.3) is 0 Å². The van der Waals surface area contributed by atoms with Crippen LogP contribution in [0.5, 0.6) is 0 Å². The first-order valence-corrected chi connectivity index (χ1v) is 4.49.